The summed E-state index contributed by atoms with van der Waals surface area (Å²) in [5.41, 5.74) is 12.4. The van der Waals surface area contributed by atoms with Crippen molar-refractivity contribution in [3.63, 3.8) is 0 Å². The van der Waals surface area contributed by atoms with E-state index in [-0.39, 0.29) is 0 Å². The number of furan rings is 1. The molecule has 0 atom stereocenters. The van der Waals surface area contributed by atoms with Crippen molar-refractivity contribution in [1.29, 1.82) is 0 Å². The summed E-state index contributed by atoms with van der Waals surface area (Å²) in [6.07, 6.45) is 0. The van der Waals surface area contributed by atoms with Crippen LogP contribution in [-0.4, -0.2) is 0 Å². The van der Waals surface area contributed by atoms with Crippen LogP contribution in [0.15, 0.2) is 223 Å². The highest BCUT2D eigenvalue weighted by molar-refractivity contribution is 6.22. The van der Waals surface area contributed by atoms with Gasteiger partial charge in [0.1, 0.15) is 11.3 Å². The lowest BCUT2D eigenvalue weighted by Crippen LogP contribution is -2.17. The molecule has 0 saturated heterocycles. The van der Waals surface area contributed by atoms with Crippen LogP contribution in [0.5, 0.6) is 0 Å². The van der Waals surface area contributed by atoms with Crippen molar-refractivity contribution in [1.82, 2.24) is 0 Å². The van der Waals surface area contributed by atoms with Gasteiger partial charge >= 0.3 is 0 Å². The van der Waals surface area contributed by atoms with Gasteiger partial charge in [-0.05, 0) is 99.8 Å². The van der Waals surface area contributed by atoms with Gasteiger partial charge in [0, 0.05) is 33.5 Å². The average Bonchev–Trinajstić information content (AvgIpc) is 3.66. The zero-order chi connectivity index (χ0) is 36.6. The third kappa shape index (κ3) is 5.89. The summed E-state index contributed by atoms with van der Waals surface area (Å²) in [5.74, 6) is 0. The lowest BCUT2D eigenvalue weighted by molar-refractivity contribution is 0.669. The lowest BCUT2D eigenvalue weighted by Gasteiger charge is -2.33. The third-order valence-corrected chi connectivity index (χ3v) is 10.4. The molecular formula is C52H36N2O. The summed E-state index contributed by atoms with van der Waals surface area (Å²) < 4.78 is 7.12. The molecule has 0 saturated carbocycles. The minimum absolute atomic E-state index is 0.818. The smallest absolute Gasteiger partial charge is 0.161 e. The first-order chi connectivity index (χ1) is 27.3. The van der Waals surface area contributed by atoms with E-state index in [9.17, 15) is 0 Å². The second-order valence-corrected chi connectivity index (χ2v) is 13.7. The fourth-order valence-electron chi connectivity index (χ4n) is 7.88. The van der Waals surface area contributed by atoms with Crippen LogP contribution in [-0.2, 0) is 0 Å². The quantitative estimate of drug-likeness (QED) is 0.157. The van der Waals surface area contributed by atoms with Crippen LogP contribution in [0.1, 0.15) is 0 Å². The predicted molar refractivity (Wildman–Crippen MR) is 231 cm³/mol. The Labute approximate surface area is 320 Å². The van der Waals surface area contributed by atoms with E-state index < -0.39 is 0 Å². The standard InChI is InChI=1S/C52H36N2O/c1-5-17-37(18-6-1)40-22-15-28-44(35-40)53(42-24-9-3-10-25-42)48-33-32-47-50-46-30-14-13-21-39(46)31-34-49(50)55-52(47)51(48)54(43-26-11-4-12-27-43)45-29-16-23-41(36-45)38-19-7-2-8-20-38/h1-36H. The summed E-state index contributed by atoms with van der Waals surface area (Å²) in [7, 11) is 0. The van der Waals surface area contributed by atoms with Gasteiger partial charge in [-0.2, -0.15) is 0 Å². The van der Waals surface area contributed by atoms with Crippen LogP contribution in [0.2, 0.25) is 0 Å². The topological polar surface area (TPSA) is 19.6 Å². The van der Waals surface area contributed by atoms with Crippen molar-refractivity contribution in [3.05, 3.63) is 218 Å². The van der Waals surface area contributed by atoms with Gasteiger partial charge < -0.3 is 14.2 Å². The Morgan fingerprint density at radius 3 is 1.44 bits per heavy atom. The van der Waals surface area contributed by atoms with E-state index in [0.29, 0.717) is 0 Å². The SMILES string of the molecule is c1ccc(-c2cccc(N(c3ccccc3)c3ccc4c(oc5ccc6ccccc6c54)c3N(c3ccccc3)c3cccc(-c4ccccc4)c3)c2)cc1. The summed E-state index contributed by atoms with van der Waals surface area (Å²) in [4.78, 5) is 4.73. The number of hydrogen-bond donors (Lipinski definition) is 0. The van der Waals surface area contributed by atoms with E-state index >= 15 is 0 Å². The monoisotopic (exact) mass is 704 g/mol. The largest absolute Gasteiger partial charge is 0.454 e. The highest BCUT2D eigenvalue weighted by atomic mass is 16.3. The second-order valence-electron chi connectivity index (χ2n) is 13.7. The zero-order valence-electron chi connectivity index (χ0n) is 30.1. The molecule has 0 aliphatic heterocycles. The van der Waals surface area contributed by atoms with Gasteiger partial charge in [0.25, 0.3) is 0 Å². The third-order valence-electron chi connectivity index (χ3n) is 10.4. The molecule has 1 heterocycles. The van der Waals surface area contributed by atoms with Crippen LogP contribution in [0.25, 0.3) is 55.0 Å². The van der Waals surface area contributed by atoms with Crippen molar-refractivity contribution in [3.8, 4) is 22.3 Å². The minimum Gasteiger partial charge on any atom is -0.454 e. The molecule has 3 heteroatoms. The van der Waals surface area contributed by atoms with Crippen molar-refractivity contribution < 1.29 is 4.42 Å². The Bertz CT molecular complexity index is 2920. The van der Waals surface area contributed by atoms with Gasteiger partial charge in [-0.25, -0.2) is 0 Å². The van der Waals surface area contributed by atoms with Gasteiger partial charge in [0.15, 0.2) is 5.58 Å². The van der Waals surface area contributed by atoms with Crippen LogP contribution in [0, 0.1) is 0 Å². The first kappa shape index (κ1) is 32.3. The van der Waals surface area contributed by atoms with E-state index in [1.54, 1.807) is 0 Å². The normalized spacial score (nSPS) is 11.3. The van der Waals surface area contributed by atoms with E-state index in [4.69, 9.17) is 4.42 Å². The average molecular weight is 705 g/mol. The number of hydrogen-bond acceptors (Lipinski definition) is 3. The fourth-order valence-corrected chi connectivity index (χ4v) is 7.88. The van der Waals surface area contributed by atoms with Crippen molar-refractivity contribution >= 4 is 66.8 Å². The Morgan fingerprint density at radius 2 is 0.818 bits per heavy atom. The molecule has 0 fully saturated rings. The van der Waals surface area contributed by atoms with Gasteiger partial charge in [0.05, 0.1) is 5.69 Å². The van der Waals surface area contributed by atoms with Gasteiger partial charge in [-0.15, -0.1) is 0 Å². The summed E-state index contributed by atoms with van der Waals surface area (Å²) in [6, 6.07) is 77.4. The molecule has 0 bridgehead atoms. The second kappa shape index (κ2) is 13.9. The van der Waals surface area contributed by atoms with E-state index in [1.807, 2.05) is 0 Å². The molecule has 10 aromatic rings. The van der Waals surface area contributed by atoms with Gasteiger partial charge in [-0.3, -0.25) is 0 Å². The molecule has 0 amide bonds. The molecule has 0 aliphatic rings. The van der Waals surface area contributed by atoms with Gasteiger partial charge in [-0.1, -0.05) is 152 Å². The number of anilines is 6. The van der Waals surface area contributed by atoms with E-state index in [0.717, 1.165) is 72.8 Å². The number of benzene rings is 9. The highest BCUT2D eigenvalue weighted by Gasteiger charge is 2.28. The molecule has 55 heavy (non-hydrogen) atoms. The zero-order valence-corrected chi connectivity index (χ0v) is 30.1. The molecule has 9 aromatic carbocycles. The molecule has 0 N–H and O–H groups in total. The molecule has 260 valence electrons. The molecule has 0 spiro atoms. The lowest BCUT2D eigenvalue weighted by atomic mass is 10.0. The number of nitrogens with zero attached hydrogens (tertiary/aromatic N) is 2. The maximum Gasteiger partial charge on any atom is 0.161 e. The van der Waals surface area contributed by atoms with Gasteiger partial charge in [0.2, 0.25) is 0 Å². The molecule has 1 aromatic heterocycles. The minimum atomic E-state index is 0.818. The Kier molecular flexibility index (Phi) is 8.16. The summed E-state index contributed by atoms with van der Waals surface area (Å²) in [5, 5.41) is 4.54. The van der Waals surface area contributed by atoms with Crippen LogP contribution < -0.4 is 9.80 Å². The Morgan fingerprint density at radius 1 is 0.327 bits per heavy atom. The van der Waals surface area contributed by atoms with E-state index in [2.05, 4.69) is 228 Å². The Balaban J connectivity index is 1.31. The number of fused-ring (bicyclic) bond motifs is 5. The van der Waals surface area contributed by atoms with Crippen molar-refractivity contribution in [2.75, 3.05) is 9.80 Å². The number of rotatable bonds is 8. The predicted octanol–water partition coefficient (Wildman–Crippen LogP) is 15.0. The van der Waals surface area contributed by atoms with Crippen LogP contribution in [0.3, 0.4) is 0 Å². The molecule has 10 rings (SSSR count). The maximum atomic E-state index is 7.12. The highest BCUT2D eigenvalue weighted by Crippen LogP contribution is 2.52. The number of para-hydroxylation sites is 2. The summed E-state index contributed by atoms with van der Waals surface area (Å²) >= 11 is 0. The van der Waals surface area contributed by atoms with Crippen LogP contribution >= 0.6 is 0 Å². The molecule has 0 radical (unpaired) electrons. The first-order valence-electron chi connectivity index (χ1n) is 18.7. The molecule has 0 unspecified atom stereocenters. The van der Waals surface area contributed by atoms with Crippen molar-refractivity contribution in [2.45, 2.75) is 0 Å². The molecule has 3 nitrogen and oxygen atoms in total. The first-order valence-corrected chi connectivity index (χ1v) is 18.7. The van der Waals surface area contributed by atoms with Crippen LogP contribution in [0.4, 0.5) is 34.1 Å². The molecule has 0 aliphatic carbocycles. The van der Waals surface area contributed by atoms with E-state index in [1.165, 1.54) is 16.3 Å². The van der Waals surface area contributed by atoms with Crippen molar-refractivity contribution in [2.24, 2.45) is 0 Å². The maximum absolute atomic E-state index is 7.12. The Hall–Kier alpha value is -7.36. The fraction of sp³-hybridized carbons (Fsp3) is 0. The molecular weight excluding hydrogens is 669 g/mol. The summed E-state index contributed by atoms with van der Waals surface area (Å²) in [6.45, 7) is 0.